The molecule has 1 fully saturated rings. The van der Waals surface area contributed by atoms with Gasteiger partial charge in [-0.05, 0) is 58.6 Å². The average Bonchev–Trinajstić information content (AvgIpc) is 3.32. The molecule has 1 saturated carbocycles. The molecule has 0 unspecified atom stereocenters. The lowest BCUT2D eigenvalue weighted by molar-refractivity contribution is -0.124. The molecule has 0 aliphatic heterocycles. The van der Waals surface area contributed by atoms with Crippen molar-refractivity contribution in [2.75, 3.05) is 5.73 Å². The fourth-order valence-electron chi connectivity index (χ4n) is 3.23. The SMILES string of the molecule is Nc1cc(CNC(=O)C2CCCC2)cc2nc(-c3ccc(Br)o3)nn12. The zero-order chi connectivity index (χ0) is 17.4. The molecular formula is C17H18BrN5O2. The Morgan fingerprint density at radius 3 is 2.88 bits per heavy atom. The van der Waals surface area contributed by atoms with Gasteiger partial charge in [-0.3, -0.25) is 4.79 Å². The zero-order valence-electron chi connectivity index (χ0n) is 13.5. The van der Waals surface area contributed by atoms with Crippen LogP contribution < -0.4 is 11.1 Å². The molecule has 3 aromatic rings. The van der Waals surface area contributed by atoms with Gasteiger partial charge in [-0.25, -0.2) is 4.98 Å². The van der Waals surface area contributed by atoms with Gasteiger partial charge in [-0.15, -0.1) is 5.10 Å². The summed E-state index contributed by atoms with van der Waals surface area (Å²) in [4.78, 5) is 16.6. The van der Waals surface area contributed by atoms with E-state index in [1.807, 2.05) is 6.07 Å². The van der Waals surface area contributed by atoms with Crippen LogP contribution in [-0.4, -0.2) is 20.5 Å². The molecule has 8 heteroatoms. The van der Waals surface area contributed by atoms with Crippen molar-refractivity contribution in [3.8, 4) is 11.6 Å². The monoisotopic (exact) mass is 403 g/mol. The van der Waals surface area contributed by atoms with E-state index in [0.29, 0.717) is 34.3 Å². The van der Waals surface area contributed by atoms with Crippen molar-refractivity contribution < 1.29 is 9.21 Å². The van der Waals surface area contributed by atoms with Crippen molar-refractivity contribution in [1.29, 1.82) is 0 Å². The van der Waals surface area contributed by atoms with Crippen LogP contribution in [0.15, 0.2) is 33.4 Å². The van der Waals surface area contributed by atoms with Crippen LogP contribution in [0.5, 0.6) is 0 Å². The summed E-state index contributed by atoms with van der Waals surface area (Å²) in [6.45, 7) is 0.435. The molecule has 7 nitrogen and oxygen atoms in total. The maximum absolute atomic E-state index is 12.2. The second-order valence-electron chi connectivity index (χ2n) is 6.30. The van der Waals surface area contributed by atoms with Gasteiger partial charge in [0.05, 0.1) is 0 Å². The molecule has 0 atom stereocenters. The Kier molecular flexibility index (Phi) is 4.20. The summed E-state index contributed by atoms with van der Waals surface area (Å²) in [6, 6.07) is 7.25. The van der Waals surface area contributed by atoms with E-state index in [1.54, 1.807) is 22.7 Å². The molecule has 0 spiro atoms. The van der Waals surface area contributed by atoms with E-state index >= 15 is 0 Å². The Bertz CT molecular complexity index is 926. The number of carbonyl (C=O) groups is 1. The minimum absolute atomic E-state index is 0.124. The number of nitrogen functional groups attached to an aromatic ring is 1. The molecule has 1 aliphatic carbocycles. The van der Waals surface area contributed by atoms with Gasteiger partial charge >= 0.3 is 0 Å². The summed E-state index contributed by atoms with van der Waals surface area (Å²) in [5, 5.41) is 7.37. The number of fused-ring (bicyclic) bond motifs is 1. The Morgan fingerprint density at radius 1 is 1.36 bits per heavy atom. The number of amides is 1. The maximum atomic E-state index is 12.2. The Balaban J connectivity index is 1.55. The first-order chi connectivity index (χ1) is 12.1. The highest BCUT2D eigenvalue weighted by molar-refractivity contribution is 9.10. The topological polar surface area (TPSA) is 98.4 Å². The number of aromatic nitrogens is 3. The number of nitrogens with zero attached hydrogens (tertiary/aromatic N) is 3. The quantitative estimate of drug-likeness (QED) is 0.696. The molecule has 0 radical (unpaired) electrons. The number of furan rings is 1. The summed E-state index contributed by atoms with van der Waals surface area (Å²) >= 11 is 3.27. The number of hydrogen-bond acceptors (Lipinski definition) is 5. The first-order valence-corrected chi connectivity index (χ1v) is 9.08. The van der Waals surface area contributed by atoms with Gasteiger partial charge in [0, 0.05) is 12.5 Å². The van der Waals surface area contributed by atoms with Crippen molar-refractivity contribution in [2.24, 2.45) is 5.92 Å². The van der Waals surface area contributed by atoms with E-state index in [2.05, 4.69) is 31.3 Å². The molecule has 3 N–H and O–H groups in total. The number of pyridine rings is 1. The molecular weight excluding hydrogens is 386 g/mol. The predicted molar refractivity (Wildman–Crippen MR) is 96.6 cm³/mol. The van der Waals surface area contributed by atoms with Crippen LogP contribution in [0.2, 0.25) is 0 Å². The minimum Gasteiger partial charge on any atom is -0.446 e. The van der Waals surface area contributed by atoms with Gasteiger partial charge in [0.15, 0.2) is 16.1 Å². The second-order valence-corrected chi connectivity index (χ2v) is 7.08. The summed E-state index contributed by atoms with van der Waals surface area (Å²) in [5.41, 5.74) is 7.61. The van der Waals surface area contributed by atoms with Gasteiger partial charge in [0.2, 0.25) is 11.7 Å². The molecule has 4 rings (SSSR count). The molecule has 0 aromatic carbocycles. The number of nitrogens with one attached hydrogen (secondary N) is 1. The average molecular weight is 404 g/mol. The number of halogens is 1. The minimum atomic E-state index is 0.124. The lowest BCUT2D eigenvalue weighted by Crippen LogP contribution is -2.28. The maximum Gasteiger partial charge on any atom is 0.223 e. The third-order valence-corrected chi connectivity index (χ3v) is 4.94. The molecule has 1 amide bonds. The van der Waals surface area contributed by atoms with Crippen LogP contribution in [-0.2, 0) is 11.3 Å². The van der Waals surface area contributed by atoms with E-state index in [4.69, 9.17) is 10.2 Å². The first-order valence-electron chi connectivity index (χ1n) is 8.29. The molecule has 0 saturated heterocycles. The van der Waals surface area contributed by atoms with Crippen LogP contribution in [0.25, 0.3) is 17.2 Å². The summed E-state index contributed by atoms with van der Waals surface area (Å²) in [6.07, 6.45) is 4.25. The lowest BCUT2D eigenvalue weighted by Gasteiger charge is -2.10. The van der Waals surface area contributed by atoms with E-state index < -0.39 is 0 Å². The third kappa shape index (κ3) is 3.26. The van der Waals surface area contributed by atoms with Crippen LogP contribution in [0.3, 0.4) is 0 Å². The first kappa shape index (κ1) is 16.1. The molecule has 3 heterocycles. The molecule has 3 aromatic heterocycles. The normalized spacial score (nSPS) is 15.1. The fourth-order valence-corrected chi connectivity index (χ4v) is 3.54. The van der Waals surface area contributed by atoms with Gasteiger partial charge in [-0.2, -0.15) is 4.52 Å². The van der Waals surface area contributed by atoms with Crippen LogP contribution in [0, 0.1) is 5.92 Å². The number of nitrogens with two attached hydrogens (primary N) is 1. The molecule has 0 bridgehead atoms. The smallest absolute Gasteiger partial charge is 0.223 e. The third-order valence-electron chi connectivity index (χ3n) is 4.51. The number of hydrogen-bond donors (Lipinski definition) is 2. The highest BCUT2D eigenvalue weighted by Gasteiger charge is 2.22. The van der Waals surface area contributed by atoms with Gasteiger partial charge in [0.25, 0.3) is 0 Å². The zero-order valence-corrected chi connectivity index (χ0v) is 15.1. The van der Waals surface area contributed by atoms with Crippen molar-refractivity contribution >= 4 is 33.3 Å². The Hall–Kier alpha value is -2.35. The van der Waals surface area contributed by atoms with Crippen molar-refractivity contribution in [2.45, 2.75) is 32.2 Å². The number of anilines is 1. The lowest BCUT2D eigenvalue weighted by atomic mass is 10.1. The summed E-state index contributed by atoms with van der Waals surface area (Å²) < 4.78 is 7.66. The number of rotatable bonds is 4. The molecule has 130 valence electrons. The summed E-state index contributed by atoms with van der Waals surface area (Å²) in [5.74, 6) is 1.76. The Labute approximate surface area is 152 Å². The highest BCUT2D eigenvalue weighted by atomic mass is 79.9. The van der Waals surface area contributed by atoms with Gasteiger partial charge in [-0.1, -0.05) is 12.8 Å². The number of carbonyl (C=O) groups excluding carboxylic acids is 1. The molecule has 25 heavy (non-hydrogen) atoms. The highest BCUT2D eigenvalue weighted by Crippen LogP contribution is 2.25. The van der Waals surface area contributed by atoms with E-state index in [0.717, 1.165) is 31.2 Å². The van der Waals surface area contributed by atoms with Crippen molar-refractivity contribution in [3.63, 3.8) is 0 Å². The predicted octanol–water partition coefficient (Wildman–Crippen LogP) is 3.14. The Morgan fingerprint density at radius 2 is 2.16 bits per heavy atom. The van der Waals surface area contributed by atoms with Crippen molar-refractivity contribution in [3.05, 3.63) is 34.5 Å². The van der Waals surface area contributed by atoms with Crippen LogP contribution in [0.1, 0.15) is 31.2 Å². The fraction of sp³-hybridized carbons (Fsp3) is 0.353. The van der Waals surface area contributed by atoms with Gasteiger partial charge < -0.3 is 15.5 Å². The van der Waals surface area contributed by atoms with Crippen LogP contribution >= 0.6 is 15.9 Å². The van der Waals surface area contributed by atoms with Gasteiger partial charge in [0.1, 0.15) is 5.82 Å². The van der Waals surface area contributed by atoms with E-state index in [1.165, 1.54) is 0 Å². The van der Waals surface area contributed by atoms with E-state index in [9.17, 15) is 4.79 Å². The van der Waals surface area contributed by atoms with Crippen molar-refractivity contribution in [1.82, 2.24) is 19.9 Å². The summed E-state index contributed by atoms with van der Waals surface area (Å²) in [7, 11) is 0. The largest absolute Gasteiger partial charge is 0.446 e. The van der Waals surface area contributed by atoms with E-state index in [-0.39, 0.29) is 11.8 Å². The molecule has 1 aliphatic rings. The van der Waals surface area contributed by atoms with Crippen LogP contribution in [0.4, 0.5) is 5.82 Å². The standard InChI is InChI=1S/C17H18BrN5O2/c18-13-6-5-12(25-13)16-21-15-8-10(7-14(19)23(15)22-16)9-20-17(24)11-3-1-2-4-11/h5-8,11H,1-4,9,19H2,(H,20,24). The second kappa shape index (κ2) is 6.51.